The third-order valence-electron chi connectivity index (χ3n) is 2.58. The summed E-state index contributed by atoms with van der Waals surface area (Å²) in [5.41, 5.74) is 0.236. The van der Waals surface area contributed by atoms with Crippen LogP contribution in [0.1, 0.15) is 19.4 Å². The van der Waals surface area contributed by atoms with Crippen LogP contribution in [0.5, 0.6) is 11.6 Å². The van der Waals surface area contributed by atoms with Crippen LogP contribution < -0.4 is 9.47 Å². The normalized spacial score (nSPS) is 10.6. The molecule has 112 valence electrons. The van der Waals surface area contributed by atoms with Crippen molar-refractivity contribution >= 4 is 5.69 Å². The van der Waals surface area contributed by atoms with Gasteiger partial charge in [0.2, 0.25) is 5.88 Å². The van der Waals surface area contributed by atoms with Crippen LogP contribution in [0.3, 0.4) is 0 Å². The summed E-state index contributed by atoms with van der Waals surface area (Å²) < 4.78 is 10.9. The Morgan fingerprint density at radius 1 is 1.43 bits per heavy atom. The Balaban J connectivity index is 2.27. The fourth-order valence-electron chi connectivity index (χ4n) is 1.76. The van der Waals surface area contributed by atoms with Gasteiger partial charge in [-0.25, -0.2) is 0 Å². The van der Waals surface area contributed by atoms with Crippen molar-refractivity contribution in [2.45, 2.75) is 26.6 Å². The molecule has 0 spiro atoms. The fourth-order valence-corrected chi connectivity index (χ4v) is 1.76. The van der Waals surface area contributed by atoms with Gasteiger partial charge in [0, 0.05) is 12.1 Å². The number of nitro groups is 1. The molecule has 1 aromatic carbocycles. The highest BCUT2D eigenvalue weighted by atomic mass is 16.6. The van der Waals surface area contributed by atoms with Crippen LogP contribution in [-0.4, -0.2) is 26.2 Å². The summed E-state index contributed by atoms with van der Waals surface area (Å²) in [5, 5.41) is 23.8. The number of ether oxygens (including phenoxy) is 2. The van der Waals surface area contributed by atoms with Crippen molar-refractivity contribution in [3.05, 3.63) is 46.1 Å². The molecule has 0 bridgehead atoms. The molecule has 1 aromatic heterocycles. The Morgan fingerprint density at radius 2 is 2.19 bits per heavy atom. The summed E-state index contributed by atoms with van der Waals surface area (Å²) in [6.45, 7) is 3.57. The minimum absolute atomic E-state index is 0.0865. The predicted molar refractivity (Wildman–Crippen MR) is 72.6 cm³/mol. The van der Waals surface area contributed by atoms with Gasteiger partial charge in [-0.2, -0.15) is 0 Å². The van der Waals surface area contributed by atoms with E-state index in [-0.39, 0.29) is 24.3 Å². The molecule has 0 amide bonds. The quantitative estimate of drug-likeness (QED) is 0.498. The van der Waals surface area contributed by atoms with Crippen molar-refractivity contribution in [2.75, 3.05) is 0 Å². The summed E-state index contributed by atoms with van der Waals surface area (Å²) >= 11 is 0. The lowest BCUT2D eigenvalue weighted by molar-refractivity contribution is -0.385. The van der Waals surface area contributed by atoms with E-state index in [2.05, 4.69) is 5.10 Å². The van der Waals surface area contributed by atoms with Crippen LogP contribution in [0.25, 0.3) is 0 Å². The number of benzene rings is 1. The van der Waals surface area contributed by atoms with Gasteiger partial charge in [-0.1, -0.05) is 11.2 Å². The fraction of sp³-hybridized carbons (Fsp3) is 0.308. The van der Waals surface area contributed by atoms with Gasteiger partial charge in [0.15, 0.2) is 0 Å². The second kappa shape index (κ2) is 6.12. The number of rotatable bonds is 6. The van der Waals surface area contributed by atoms with Gasteiger partial charge in [0.05, 0.1) is 17.2 Å². The summed E-state index contributed by atoms with van der Waals surface area (Å²) in [6, 6.07) is 6.03. The molecule has 0 atom stereocenters. The summed E-state index contributed by atoms with van der Waals surface area (Å²) in [5.74, 6) is 0.550. The minimum Gasteiger partial charge on any atom is -0.490 e. The third kappa shape index (κ3) is 3.62. The standard InChI is InChI=1S/C13H15N3O5/c1-9(2)21-12-5-3-4-11(16(18)19)10(12)8-20-13-6-7-15(17)14-13/h3-7,9,17H,8H2,1-2H3. The maximum absolute atomic E-state index is 11.1. The van der Waals surface area contributed by atoms with Crippen LogP contribution in [0.2, 0.25) is 0 Å². The van der Waals surface area contributed by atoms with E-state index < -0.39 is 4.92 Å². The van der Waals surface area contributed by atoms with Gasteiger partial charge in [0.1, 0.15) is 17.9 Å². The molecule has 21 heavy (non-hydrogen) atoms. The Morgan fingerprint density at radius 3 is 2.76 bits per heavy atom. The van der Waals surface area contributed by atoms with Crippen molar-refractivity contribution in [1.29, 1.82) is 0 Å². The van der Waals surface area contributed by atoms with E-state index in [1.807, 2.05) is 13.8 Å². The molecule has 0 saturated carbocycles. The average molecular weight is 293 g/mol. The minimum atomic E-state index is -0.490. The number of nitrogens with zero attached hydrogens (tertiary/aromatic N) is 3. The Labute approximate surface area is 120 Å². The van der Waals surface area contributed by atoms with E-state index in [1.165, 1.54) is 18.3 Å². The van der Waals surface area contributed by atoms with Gasteiger partial charge in [0.25, 0.3) is 5.69 Å². The van der Waals surface area contributed by atoms with Crippen LogP contribution in [0, 0.1) is 10.1 Å². The first-order valence-electron chi connectivity index (χ1n) is 6.28. The number of hydrogen-bond donors (Lipinski definition) is 1. The lowest BCUT2D eigenvalue weighted by Gasteiger charge is -2.14. The van der Waals surface area contributed by atoms with Crippen LogP contribution >= 0.6 is 0 Å². The van der Waals surface area contributed by atoms with E-state index >= 15 is 0 Å². The second-order valence-corrected chi connectivity index (χ2v) is 4.54. The van der Waals surface area contributed by atoms with E-state index in [0.29, 0.717) is 16.2 Å². The molecular weight excluding hydrogens is 278 g/mol. The molecule has 1 N–H and O–H groups in total. The smallest absolute Gasteiger partial charge is 0.279 e. The third-order valence-corrected chi connectivity index (χ3v) is 2.58. The summed E-state index contributed by atoms with van der Waals surface area (Å²) in [6.07, 6.45) is 1.17. The SMILES string of the molecule is CC(C)Oc1cccc([N+](=O)[O-])c1COc1ccn(O)n1. The zero-order valence-electron chi connectivity index (χ0n) is 11.6. The van der Waals surface area contributed by atoms with Crippen molar-refractivity contribution in [2.24, 2.45) is 0 Å². The van der Waals surface area contributed by atoms with Crippen molar-refractivity contribution in [3.8, 4) is 11.6 Å². The molecular formula is C13H15N3O5. The lowest BCUT2D eigenvalue weighted by atomic mass is 10.1. The Bertz CT molecular complexity index is 638. The van der Waals surface area contributed by atoms with Crippen LogP contribution in [0.4, 0.5) is 5.69 Å². The van der Waals surface area contributed by atoms with E-state index in [4.69, 9.17) is 14.7 Å². The van der Waals surface area contributed by atoms with Gasteiger partial charge in [-0.05, 0) is 19.9 Å². The van der Waals surface area contributed by atoms with E-state index in [9.17, 15) is 10.1 Å². The Hall–Kier alpha value is -2.77. The maximum Gasteiger partial charge on any atom is 0.279 e. The molecule has 0 fully saturated rings. The molecule has 0 aliphatic heterocycles. The van der Waals surface area contributed by atoms with Crippen molar-refractivity contribution < 1.29 is 19.6 Å². The highest BCUT2D eigenvalue weighted by Gasteiger charge is 2.20. The molecule has 1 heterocycles. The van der Waals surface area contributed by atoms with Crippen molar-refractivity contribution in [1.82, 2.24) is 9.94 Å². The summed E-state index contributed by atoms with van der Waals surface area (Å²) in [4.78, 5) is 11.2. The molecule has 0 unspecified atom stereocenters. The van der Waals surface area contributed by atoms with Gasteiger partial charge >= 0.3 is 0 Å². The average Bonchev–Trinajstić information content (AvgIpc) is 2.82. The van der Waals surface area contributed by atoms with Gasteiger partial charge < -0.3 is 14.7 Å². The molecule has 0 radical (unpaired) electrons. The first kappa shape index (κ1) is 14.6. The molecule has 0 aliphatic carbocycles. The molecule has 2 rings (SSSR count). The highest BCUT2D eigenvalue weighted by molar-refractivity contribution is 5.49. The van der Waals surface area contributed by atoms with Crippen molar-refractivity contribution in [3.63, 3.8) is 0 Å². The Kier molecular flexibility index (Phi) is 4.27. The number of aromatic nitrogens is 2. The summed E-state index contributed by atoms with van der Waals surface area (Å²) in [7, 11) is 0. The molecule has 0 saturated heterocycles. The predicted octanol–water partition coefficient (Wildman–Crippen LogP) is 2.39. The topological polar surface area (TPSA) is 99.7 Å². The largest absolute Gasteiger partial charge is 0.490 e. The number of nitro benzene ring substituents is 1. The molecule has 2 aromatic rings. The highest BCUT2D eigenvalue weighted by Crippen LogP contribution is 2.30. The zero-order valence-corrected chi connectivity index (χ0v) is 11.6. The van der Waals surface area contributed by atoms with Crippen LogP contribution in [-0.2, 0) is 6.61 Å². The lowest BCUT2D eigenvalue weighted by Crippen LogP contribution is -2.10. The van der Waals surface area contributed by atoms with Gasteiger partial charge in [-0.15, -0.1) is 4.85 Å². The first-order valence-corrected chi connectivity index (χ1v) is 6.28. The zero-order chi connectivity index (χ0) is 15.4. The maximum atomic E-state index is 11.1. The van der Waals surface area contributed by atoms with Crippen LogP contribution in [0.15, 0.2) is 30.5 Å². The monoisotopic (exact) mass is 293 g/mol. The molecule has 0 aliphatic rings. The molecule has 8 nitrogen and oxygen atoms in total. The van der Waals surface area contributed by atoms with E-state index in [0.717, 1.165) is 0 Å². The van der Waals surface area contributed by atoms with Gasteiger partial charge in [-0.3, -0.25) is 10.1 Å². The van der Waals surface area contributed by atoms with E-state index in [1.54, 1.807) is 12.1 Å². The second-order valence-electron chi connectivity index (χ2n) is 4.54. The number of hydrogen-bond acceptors (Lipinski definition) is 6. The first-order chi connectivity index (χ1) is 9.97. The molecule has 8 heteroatoms.